The molecule has 0 aliphatic rings. The van der Waals surface area contributed by atoms with Gasteiger partial charge >= 0.3 is 0 Å². The highest BCUT2D eigenvalue weighted by Gasteiger charge is 2.25. The van der Waals surface area contributed by atoms with Gasteiger partial charge in [-0.25, -0.2) is 22.0 Å². The fourth-order valence-corrected chi connectivity index (χ4v) is 1.15. The summed E-state index contributed by atoms with van der Waals surface area (Å²) in [5.74, 6) is -9.86. The third-order valence-electron chi connectivity index (χ3n) is 1.96. The molecule has 7 heteroatoms. The summed E-state index contributed by atoms with van der Waals surface area (Å²) in [6, 6.07) is 0. The second-order valence-electron chi connectivity index (χ2n) is 3.07. The molecular formula is C10H10F5NO. The fraction of sp³-hybridized carbons (Fsp3) is 0.400. The van der Waals surface area contributed by atoms with Gasteiger partial charge in [0.15, 0.2) is 23.3 Å². The number of halogens is 5. The molecule has 0 aromatic heterocycles. The third kappa shape index (κ3) is 2.85. The molecule has 17 heavy (non-hydrogen) atoms. The van der Waals surface area contributed by atoms with E-state index in [1.54, 1.807) is 6.92 Å². The molecule has 0 aliphatic heterocycles. The van der Waals surface area contributed by atoms with E-state index >= 15 is 0 Å². The highest BCUT2D eigenvalue weighted by Crippen LogP contribution is 2.26. The molecule has 0 radical (unpaired) electrons. The number of anilines is 1. The van der Waals surface area contributed by atoms with Crippen molar-refractivity contribution < 1.29 is 26.7 Å². The van der Waals surface area contributed by atoms with Crippen molar-refractivity contribution in [2.45, 2.75) is 6.92 Å². The Morgan fingerprint density at radius 1 is 0.882 bits per heavy atom. The highest BCUT2D eigenvalue weighted by atomic mass is 19.2. The molecule has 0 bridgehead atoms. The van der Waals surface area contributed by atoms with Gasteiger partial charge in [-0.1, -0.05) is 0 Å². The second-order valence-corrected chi connectivity index (χ2v) is 3.07. The summed E-state index contributed by atoms with van der Waals surface area (Å²) in [4.78, 5) is 0. The van der Waals surface area contributed by atoms with Crippen LogP contribution in [0.2, 0.25) is 0 Å². The highest BCUT2D eigenvalue weighted by molar-refractivity contribution is 5.47. The summed E-state index contributed by atoms with van der Waals surface area (Å²) in [7, 11) is 0. The maximum atomic E-state index is 13.1. The van der Waals surface area contributed by atoms with Gasteiger partial charge in [0.05, 0.1) is 6.61 Å². The molecule has 1 rings (SSSR count). The van der Waals surface area contributed by atoms with Crippen LogP contribution in [0.15, 0.2) is 0 Å². The van der Waals surface area contributed by atoms with Crippen molar-refractivity contribution in [3.8, 4) is 0 Å². The minimum Gasteiger partial charge on any atom is -0.380 e. The van der Waals surface area contributed by atoms with E-state index in [2.05, 4.69) is 5.32 Å². The number of ether oxygens (including phenoxy) is 1. The average molecular weight is 255 g/mol. The van der Waals surface area contributed by atoms with Crippen LogP contribution in [0, 0.1) is 29.1 Å². The molecule has 0 amide bonds. The van der Waals surface area contributed by atoms with Gasteiger partial charge in [-0.2, -0.15) is 0 Å². The van der Waals surface area contributed by atoms with Crippen LogP contribution < -0.4 is 5.32 Å². The molecule has 0 fully saturated rings. The lowest BCUT2D eigenvalue weighted by Gasteiger charge is -2.10. The Bertz CT molecular complexity index is 381. The summed E-state index contributed by atoms with van der Waals surface area (Å²) in [5.41, 5.74) is -1.04. The second kappa shape index (κ2) is 5.81. The molecule has 1 aromatic rings. The fourth-order valence-electron chi connectivity index (χ4n) is 1.15. The molecule has 96 valence electrons. The standard InChI is InChI=1S/C10H10F5NO/c1-2-17-4-3-16-10-8(14)6(12)5(11)7(13)9(10)15/h16H,2-4H2,1H3. The molecule has 0 heterocycles. The van der Waals surface area contributed by atoms with E-state index in [9.17, 15) is 22.0 Å². The molecule has 0 saturated heterocycles. The van der Waals surface area contributed by atoms with Crippen LogP contribution in [-0.2, 0) is 4.74 Å². The normalized spacial score (nSPS) is 10.7. The summed E-state index contributed by atoms with van der Waals surface area (Å²) >= 11 is 0. The maximum Gasteiger partial charge on any atom is 0.200 e. The predicted octanol–water partition coefficient (Wildman–Crippen LogP) is 2.83. The minimum atomic E-state index is -2.17. The quantitative estimate of drug-likeness (QED) is 0.378. The van der Waals surface area contributed by atoms with Gasteiger partial charge in [0.2, 0.25) is 5.82 Å². The first-order valence-electron chi connectivity index (χ1n) is 4.83. The van der Waals surface area contributed by atoms with E-state index in [0.717, 1.165) is 0 Å². The topological polar surface area (TPSA) is 21.3 Å². The molecule has 2 nitrogen and oxygen atoms in total. The zero-order valence-electron chi connectivity index (χ0n) is 8.92. The molecule has 1 N–H and O–H groups in total. The Morgan fingerprint density at radius 2 is 1.35 bits per heavy atom. The number of rotatable bonds is 5. The first kappa shape index (κ1) is 13.7. The van der Waals surface area contributed by atoms with Crippen LogP contribution in [0.4, 0.5) is 27.6 Å². The van der Waals surface area contributed by atoms with Gasteiger partial charge in [0.25, 0.3) is 0 Å². The van der Waals surface area contributed by atoms with Gasteiger partial charge in [-0.05, 0) is 6.92 Å². The van der Waals surface area contributed by atoms with Crippen molar-refractivity contribution in [1.82, 2.24) is 0 Å². The molecule has 0 atom stereocenters. The van der Waals surface area contributed by atoms with E-state index in [4.69, 9.17) is 4.74 Å². The van der Waals surface area contributed by atoms with Crippen molar-refractivity contribution >= 4 is 5.69 Å². The Balaban J connectivity index is 2.92. The van der Waals surface area contributed by atoms with E-state index in [-0.39, 0.29) is 13.2 Å². The van der Waals surface area contributed by atoms with Crippen molar-refractivity contribution in [1.29, 1.82) is 0 Å². The van der Waals surface area contributed by atoms with E-state index in [1.807, 2.05) is 0 Å². The van der Waals surface area contributed by atoms with Crippen LogP contribution in [0.3, 0.4) is 0 Å². The lowest BCUT2D eigenvalue weighted by atomic mass is 10.2. The summed E-state index contributed by atoms with van der Waals surface area (Å²) in [6.07, 6.45) is 0. The van der Waals surface area contributed by atoms with Crippen molar-refractivity contribution in [2.24, 2.45) is 0 Å². The number of nitrogens with one attached hydrogen (secondary N) is 1. The zero-order chi connectivity index (χ0) is 13.0. The molecule has 1 aromatic carbocycles. The smallest absolute Gasteiger partial charge is 0.200 e. The Kier molecular flexibility index (Phi) is 4.68. The lowest BCUT2D eigenvalue weighted by Crippen LogP contribution is -2.14. The van der Waals surface area contributed by atoms with Gasteiger partial charge in [-0.15, -0.1) is 0 Å². The van der Waals surface area contributed by atoms with Crippen LogP contribution in [-0.4, -0.2) is 19.8 Å². The molecule has 0 saturated carbocycles. The number of hydrogen-bond acceptors (Lipinski definition) is 2. The zero-order valence-corrected chi connectivity index (χ0v) is 8.92. The Morgan fingerprint density at radius 3 is 1.82 bits per heavy atom. The Hall–Kier alpha value is -1.37. The average Bonchev–Trinajstić information content (AvgIpc) is 2.33. The number of hydrogen-bond donors (Lipinski definition) is 1. The predicted molar refractivity (Wildman–Crippen MR) is 51.2 cm³/mol. The van der Waals surface area contributed by atoms with E-state index < -0.39 is 34.8 Å². The van der Waals surface area contributed by atoms with Crippen LogP contribution in [0.25, 0.3) is 0 Å². The summed E-state index contributed by atoms with van der Waals surface area (Å²) in [6.45, 7) is 2.12. The maximum absolute atomic E-state index is 13.1. The van der Waals surface area contributed by atoms with E-state index in [1.165, 1.54) is 0 Å². The first-order chi connectivity index (χ1) is 8.00. The summed E-state index contributed by atoms with van der Waals surface area (Å²) < 4.78 is 69.2. The van der Waals surface area contributed by atoms with Gasteiger partial charge in [0.1, 0.15) is 5.69 Å². The van der Waals surface area contributed by atoms with Crippen molar-refractivity contribution in [3.63, 3.8) is 0 Å². The monoisotopic (exact) mass is 255 g/mol. The van der Waals surface area contributed by atoms with Crippen LogP contribution in [0.1, 0.15) is 6.92 Å². The molecule has 0 spiro atoms. The number of benzene rings is 1. The van der Waals surface area contributed by atoms with Gasteiger partial charge in [-0.3, -0.25) is 0 Å². The van der Waals surface area contributed by atoms with Crippen molar-refractivity contribution in [2.75, 3.05) is 25.1 Å². The van der Waals surface area contributed by atoms with Crippen molar-refractivity contribution in [3.05, 3.63) is 29.1 Å². The molecule has 0 unspecified atom stereocenters. The molecule has 0 aliphatic carbocycles. The largest absolute Gasteiger partial charge is 0.380 e. The lowest BCUT2D eigenvalue weighted by molar-refractivity contribution is 0.158. The third-order valence-corrected chi connectivity index (χ3v) is 1.96. The minimum absolute atomic E-state index is 0.0633. The van der Waals surface area contributed by atoms with Gasteiger partial charge in [0, 0.05) is 13.2 Å². The molecular weight excluding hydrogens is 245 g/mol. The SMILES string of the molecule is CCOCCNc1c(F)c(F)c(F)c(F)c1F. The first-order valence-corrected chi connectivity index (χ1v) is 4.83. The van der Waals surface area contributed by atoms with Crippen LogP contribution >= 0.6 is 0 Å². The Labute approximate surface area is 94.4 Å². The summed E-state index contributed by atoms with van der Waals surface area (Å²) in [5, 5.41) is 2.10. The van der Waals surface area contributed by atoms with E-state index in [0.29, 0.717) is 6.61 Å². The van der Waals surface area contributed by atoms with Crippen LogP contribution in [0.5, 0.6) is 0 Å². The van der Waals surface area contributed by atoms with Gasteiger partial charge < -0.3 is 10.1 Å².